The maximum absolute atomic E-state index is 6.54. The fraction of sp³-hybridized carbons (Fsp3) is 0. The Hall–Kier alpha value is -7.83. The molecule has 0 unspecified atom stereocenters. The minimum Gasteiger partial charge on any atom is -0.456 e. The molecular weight excluding hydrogens is 699 g/mol. The smallest absolute Gasteiger partial charge is 0.238 e. The Balaban J connectivity index is 1.12. The third kappa shape index (κ3) is 4.81. The molecule has 266 valence electrons. The lowest BCUT2D eigenvalue weighted by atomic mass is 9.99. The Labute approximate surface area is 326 Å². The summed E-state index contributed by atoms with van der Waals surface area (Å²) in [7, 11) is 0. The van der Waals surface area contributed by atoms with Gasteiger partial charge >= 0.3 is 0 Å². The standard InChI is InChI=1S/C51H31N5O/c1-4-15-32(16-5-1)36-23-14-26-44-46(36)39-28-27-34(31-45(39)57-44)50-52-49(33-17-6-2-7-18-33)53-51(54-50)56-41-25-13-11-22-38(41)48-43(56)30-29-42-47(48)37-21-10-12-24-40(37)55(42)35-19-8-3-9-20-35/h1-31H. The molecule has 12 aromatic rings. The van der Waals surface area contributed by atoms with Crippen molar-refractivity contribution in [1.82, 2.24) is 24.1 Å². The first-order chi connectivity index (χ1) is 28.3. The fourth-order valence-electron chi connectivity index (χ4n) is 8.72. The molecule has 0 aliphatic rings. The number of aromatic nitrogens is 5. The molecule has 0 saturated heterocycles. The zero-order valence-electron chi connectivity index (χ0n) is 30.5. The highest BCUT2D eigenvalue weighted by Crippen LogP contribution is 2.43. The van der Waals surface area contributed by atoms with Gasteiger partial charge in [-0.05, 0) is 65.7 Å². The lowest BCUT2D eigenvalue weighted by molar-refractivity contribution is 0.669. The van der Waals surface area contributed by atoms with E-state index >= 15 is 0 Å². The van der Waals surface area contributed by atoms with Crippen LogP contribution < -0.4 is 0 Å². The molecule has 0 aliphatic carbocycles. The van der Waals surface area contributed by atoms with E-state index in [4.69, 9.17) is 19.4 Å². The van der Waals surface area contributed by atoms with Crippen molar-refractivity contribution < 1.29 is 4.42 Å². The number of furan rings is 1. The van der Waals surface area contributed by atoms with Gasteiger partial charge in [-0.15, -0.1) is 0 Å². The highest BCUT2D eigenvalue weighted by Gasteiger charge is 2.23. The van der Waals surface area contributed by atoms with Crippen molar-refractivity contribution in [3.8, 4) is 45.5 Å². The average molecular weight is 730 g/mol. The summed E-state index contributed by atoms with van der Waals surface area (Å²) in [6.45, 7) is 0. The molecule has 0 N–H and O–H groups in total. The number of para-hydroxylation sites is 3. The number of fused-ring (bicyclic) bond motifs is 10. The van der Waals surface area contributed by atoms with Gasteiger partial charge in [0.2, 0.25) is 5.95 Å². The van der Waals surface area contributed by atoms with Crippen molar-refractivity contribution >= 4 is 65.6 Å². The second kappa shape index (κ2) is 12.3. The molecule has 57 heavy (non-hydrogen) atoms. The summed E-state index contributed by atoms with van der Waals surface area (Å²) in [5, 5.41) is 6.83. The molecule has 6 nitrogen and oxygen atoms in total. The molecule has 8 aromatic carbocycles. The van der Waals surface area contributed by atoms with Crippen molar-refractivity contribution in [2.45, 2.75) is 0 Å². The van der Waals surface area contributed by atoms with Crippen LogP contribution >= 0.6 is 0 Å². The van der Waals surface area contributed by atoms with Crippen LogP contribution in [0.15, 0.2) is 192 Å². The third-order valence-corrected chi connectivity index (χ3v) is 11.2. The van der Waals surface area contributed by atoms with Gasteiger partial charge < -0.3 is 8.98 Å². The summed E-state index contributed by atoms with van der Waals surface area (Å²) in [5.41, 5.74) is 11.1. The molecule has 0 saturated carbocycles. The van der Waals surface area contributed by atoms with Crippen molar-refractivity contribution in [2.75, 3.05) is 0 Å². The van der Waals surface area contributed by atoms with E-state index in [2.05, 4.69) is 155 Å². The Morgan fingerprint density at radius 2 is 0.930 bits per heavy atom. The van der Waals surface area contributed by atoms with Crippen molar-refractivity contribution in [2.24, 2.45) is 0 Å². The van der Waals surface area contributed by atoms with Crippen LogP contribution in [0.3, 0.4) is 0 Å². The third-order valence-electron chi connectivity index (χ3n) is 11.2. The highest BCUT2D eigenvalue weighted by atomic mass is 16.3. The molecular formula is C51H31N5O. The van der Waals surface area contributed by atoms with Crippen LogP contribution in [0.1, 0.15) is 0 Å². The first-order valence-electron chi connectivity index (χ1n) is 19.1. The molecule has 0 amide bonds. The van der Waals surface area contributed by atoms with Crippen LogP contribution in [0.25, 0.3) is 111 Å². The van der Waals surface area contributed by atoms with Crippen LogP contribution in [-0.2, 0) is 0 Å². The van der Waals surface area contributed by atoms with E-state index in [0.29, 0.717) is 17.6 Å². The molecule has 0 atom stereocenters. The van der Waals surface area contributed by atoms with Crippen LogP contribution in [0.2, 0.25) is 0 Å². The maximum Gasteiger partial charge on any atom is 0.238 e. The largest absolute Gasteiger partial charge is 0.456 e. The highest BCUT2D eigenvalue weighted by molar-refractivity contribution is 6.28. The molecule has 12 rings (SSSR count). The average Bonchev–Trinajstić information content (AvgIpc) is 3.94. The monoisotopic (exact) mass is 729 g/mol. The van der Waals surface area contributed by atoms with E-state index in [9.17, 15) is 0 Å². The van der Waals surface area contributed by atoms with E-state index in [1.807, 2.05) is 42.5 Å². The van der Waals surface area contributed by atoms with E-state index in [1.54, 1.807) is 0 Å². The number of hydrogen-bond donors (Lipinski definition) is 0. The quantitative estimate of drug-likeness (QED) is 0.177. The number of nitrogens with zero attached hydrogens (tertiary/aromatic N) is 5. The minimum absolute atomic E-state index is 0.548. The van der Waals surface area contributed by atoms with Crippen LogP contribution in [-0.4, -0.2) is 24.1 Å². The number of rotatable bonds is 5. The first kappa shape index (κ1) is 31.5. The van der Waals surface area contributed by atoms with E-state index in [-0.39, 0.29) is 0 Å². The topological polar surface area (TPSA) is 61.7 Å². The van der Waals surface area contributed by atoms with Crippen LogP contribution in [0, 0.1) is 0 Å². The molecule has 0 aliphatic heterocycles. The summed E-state index contributed by atoms with van der Waals surface area (Å²) in [4.78, 5) is 15.6. The van der Waals surface area contributed by atoms with Crippen molar-refractivity contribution in [3.05, 3.63) is 188 Å². The zero-order chi connectivity index (χ0) is 37.5. The van der Waals surface area contributed by atoms with E-state index < -0.39 is 0 Å². The van der Waals surface area contributed by atoms with E-state index in [0.717, 1.165) is 82.7 Å². The van der Waals surface area contributed by atoms with E-state index in [1.165, 1.54) is 10.8 Å². The SMILES string of the molecule is c1ccc(-c2nc(-c3ccc4c(c3)oc3cccc(-c5ccccc5)c34)nc(-n3c4ccccc4c4c5c6ccccc6n(-c6ccccc6)c5ccc43)n2)cc1. The first-order valence-corrected chi connectivity index (χ1v) is 19.1. The summed E-state index contributed by atoms with van der Waals surface area (Å²) in [6.07, 6.45) is 0. The van der Waals surface area contributed by atoms with Crippen LogP contribution in [0.5, 0.6) is 0 Å². The number of hydrogen-bond acceptors (Lipinski definition) is 4. The van der Waals surface area contributed by atoms with Gasteiger partial charge in [0, 0.05) is 49.1 Å². The van der Waals surface area contributed by atoms with Gasteiger partial charge in [-0.1, -0.05) is 133 Å². The number of benzene rings is 8. The Kier molecular flexibility index (Phi) is 6.83. The predicted octanol–water partition coefficient (Wildman–Crippen LogP) is 13.0. The lowest BCUT2D eigenvalue weighted by Gasteiger charge is -2.11. The van der Waals surface area contributed by atoms with Gasteiger partial charge in [0.05, 0.1) is 22.1 Å². The van der Waals surface area contributed by atoms with Gasteiger partial charge in [-0.25, -0.2) is 4.98 Å². The molecule has 0 spiro atoms. The summed E-state index contributed by atoms with van der Waals surface area (Å²) < 4.78 is 11.1. The zero-order valence-corrected chi connectivity index (χ0v) is 30.5. The normalized spacial score (nSPS) is 11.9. The molecule has 4 heterocycles. The van der Waals surface area contributed by atoms with Gasteiger partial charge in [0.25, 0.3) is 0 Å². The predicted molar refractivity (Wildman–Crippen MR) is 232 cm³/mol. The van der Waals surface area contributed by atoms with Gasteiger partial charge in [-0.3, -0.25) is 4.57 Å². The molecule has 4 aromatic heterocycles. The maximum atomic E-state index is 6.54. The van der Waals surface area contributed by atoms with Gasteiger partial charge in [0.1, 0.15) is 11.2 Å². The van der Waals surface area contributed by atoms with Crippen molar-refractivity contribution in [1.29, 1.82) is 0 Å². The summed E-state index contributed by atoms with van der Waals surface area (Å²) >= 11 is 0. The Morgan fingerprint density at radius 3 is 1.63 bits per heavy atom. The summed E-state index contributed by atoms with van der Waals surface area (Å²) in [6, 6.07) is 65.4. The summed E-state index contributed by atoms with van der Waals surface area (Å²) in [5.74, 6) is 1.71. The Bertz CT molecular complexity index is 3510. The second-order valence-corrected chi connectivity index (χ2v) is 14.4. The lowest BCUT2D eigenvalue weighted by Crippen LogP contribution is -2.06. The Morgan fingerprint density at radius 1 is 0.351 bits per heavy atom. The molecule has 0 fully saturated rings. The fourth-order valence-corrected chi connectivity index (χ4v) is 8.72. The minimum atomic E-state index is 0.548. The van der Waals surface area contributed by atoms with Crippen LogP contribution in [0.4, 0.5) is 0 Å². The molecule has 0 radical (unpaired) electrons. The second-order valence-electron chi connectivity index (χ2n) is 14.4. The van der Waals surface area contributed by atoms with Gasteiger partial charge in [-0.2, -0.15) is 9.97 Å². The molecule has 0 bridgehead atoms. The van der Waals surface area contributed by atoms with Gasteiger partial charge in [0.15, 0.2) is 11.6 Å². The van der Waals surface area contributed by atoms with Crippen molar-refractivity contribution in [3.63, 3.8) is 0 Å². The molecule has 6 heteroatoms.